The minimum atomic E-state index is -0.514. The molecule has 0 spiro atoms. The molecule has 90 valence electrons. The van der Waals surface area contributed by atoms with Gasteiger partial charge in [-0.05, 0) is 20.8 Å². The zero-order valence-corrected chi connectivity index (χ0v) is 10.0. The molecule has 0 aliphatic rings. The average Bonchev–Trinajstić information content (AvgIpc) is 2.72. The van der Waals surface area contributed by atoms with Gasteiger partial charge in [-0.1, -0.05) is 0 Å². The summed E-state index contributed by atoms with van der Waals surface area (Å²) in [6, 6.07) is 0. The van der Waals surface area contributed by atoms with Gasteiger partial charge in [-0.15, -0.1) is 0 Å². The van der Waals surface area contributed by atoms with E-state index in [0.717, 1.165) is 0 Å². The Labute approximate surface area is 98.4 Å². The molecule has 17 heavy (non-hydrogen) atoms. The smallest absolute Gasteiger partial charge is 0.311 e. The molecule has 2 heterocycles. The molecule has 0 aliphatic carbocycles. The van der Waals surface area contributed by atoms with Crippen LogP contribution in [0.4, 0.5) is 0 Å². The first kappa shape index (κ1) is 11.5. The van der Waals surface area contributed by atoms with E-state index < -0.39 is 5.41 Å². The van der Waals surface area contributed by atoms with E-state index in [2.05, 4.69) is 19.9 Å². The monoisotopic (exact) mass is 234 g/mol. The van der Waals surface area contributed by atoms with E-state index in [1.807, 2.05) is 0 Å². The Kier molecular flexibility index (Phi) is 2.79. The number of aromatic amines is 1. The lowest BCUT2D eigenvalue weighted by Crippen LogP contribution is -2.23. The summed E-state index contributed by atoms with van der Waals surface area (Å²) in [5, 5.41) is 0. The molecule has 0 aliphatic heterocycles. The molecule has 0 bridgehead atoms. The lowest BCUT2D eigenvalue weighted by molar-refractivity contribution is -0.154. The summed E-state index contributed by atoms with van der Waals surface area (Å²) in [5.41, 5.74) is 1.39. The van der Waals surface area contributed by atoms with E-state index in [4.69, 9.17) is 4.74 Å². The fourth-order valence-corrected chi connectivity index (χ4v) is 1.27. The van der Waals surface area contributed by atoms with Gasteiger partial charge in [0.05, 0.1) is 11.7 Å². The number of hydrogen-bond acceptors (Lipinski definition) is 5. The minimum absolute atomic E-state index is 0.122. The summed E-state index contributed by atoms with van der Waals surface area (Å²) in [4.78, 5) is 26.6. The molecule has 2 aromatic rings. The third-order valence-corrected chi connectivity index (χ3v) is 2.25. The first-order valence-electron chi connectivity index (χ1n) is 5.28. The molecule has 6 heteroatoms. The van der Waals surface area contributed by atoms with Crippen molar-refractivity contribution in [2.75, 3.05) is 0 Å². The first-order valence-corrected chi connectivity index (χ1v) is 5.28. The van der Waals surface area contributed by atoms with Gasteiger partial charge in [-0.3, -0.25) is 4.79 Å². The van der Waals surface area contributed by atoms with Crippen molar-refractivity contribution >= 4 is 17.1 Å². The van der Waals surface area contributed by atoms with Crippen molar-refractivity contribution in [3.05, 3.63) is 18.3 Å². The second-order valence-corrected chi connectivity index (χ2v) is 4.75. The van der Waals surface area contributed by atoms with E-state index >= 15 is 0 Å². The second-order valence-electron chi connectivity index (χ2n) is 4.75. The number of carbonyl (C=O) groups is 1. The second kappa shape index (κ2) is 4.12. The fourth-order valence-electron chi connectivity index (χ4n) is 1.27. The first-order chi connectivity index (χ1) is 7.98. The third-order valence-electron chi connectivity index (χ3n) is 2.25. The molecule has 2 aromatic heterocycles. The normalized spacial score (nSPS) is 11.7. The van der Waals surface area contributed by atoms with Crippen molar-refractivity contribution in [3.63, 3.8) is 0 Å². The summed E-state index contributed by atoms with van der Waals surface area (Å²) in [7, 11) is 0. The van der Waals surface area contributed by atoms with Gasteiger partial charge < -0.3 is 9.72 Å². The van der Waals surface area contributed by atoms with Crippen LogP contribution in [0.1, 0.15) is 26.5 Å². The van der Waals surface area contributed by atoms with Crippen LogP contribution in [0.5, 0.6) is 0 Å². The summed E-state index contributed by atoms with van der Waals surface area (Å²) >= 11 is 0. The number of rotatable bonds is 2. The maximum absolute atomic E-state index is 11.6. The number of ether oxygens (including phenoxy) is 1. The van der Waals surface area contributed by atoms with E-state index in [1.54, 1.807) is 20.8 Å². The Bertz CT molecular complexity index is 542. The predicted octanol–water partition coefficient (Wildman–Crippen LogP) is 1.44. The predicted molar refractivity (Wildman–Crippen MR) is 60.9 cm³/mol. The number of hydrogen-bond donors (Lipinski definition) is 1. The molecule has 6 nitrogen and oxygen atoms in total. The molecule has 0 fully saturated rings. The molecule has 0 atom stereocenters. The Hall–Kier alpha value is -1.98. The topological polar surface area (TPSA) is 80.8 Å². The van der Waals surface area contributed by atoms with Gasteiger partial charge in [-0.2, -0.15) is 0 Å². The van der Waals surface area contributed by atoms with Gasteiger partial charge >= 0.3 is 5.97 Å². The highest BCUT2D eigenvalue weighted by molar-refractivity contribution is 5.76. The van der Waals surface area contributed by atoms with Gasteiger partial charge in [0.2, 0.25) is 0 Å². The summed E-state index contributed by atoms with van der Waals surface area (Å²) in [6.07, 6.45) is 2.94. The summed E-state index contributed by atoms with van der Waals surface area (Å²) in [5.74, 6) is -0.260. The lowest BCUT2D eigenvalue weighted by atomic mass is 9.97. The molecule has 2 rings (SSSR count). The van der Waals surface area contributed by atoms with E-state index in [1.165, 1.54) is 12.7 Å². The van der Waals surface area contributed by atoms with Crippen LogP contribution < -0.4 is 0 Å². The molecular formula is C11H14N4O2. The molecule has 1 N–H and O–H groups in total. The van der Waals surface area contributed by atoms with Crippen LogP contribution in [0.15, 0.2) is 12.7 Å². The Balaban J connectivity index is 2.14. The van der Waals surface area contributed by atoms with Crippen molar-refractivity contribution in [2.24, 2.45) is 5.41 Å². The molecule has 0 aromatic carbocycles. The van der Waals surface area contributed by atoms with E-state index in [-0.39, 0.29) is 12.6 Å². The SMILES string of the molecule is CC(C)(C)C(=O)OCc1ncnc2nc[nH]c12. The number of carbonyl (C=O) groups excluding carboxylic acids is 1. The maximum atomic E-state index is 11.6. The van der Waals surface area contributed by atoms with Crippen molar-refractivity contribution in [1.82, 2.24) is 19.9 Å². The van der Waals surface area contributed by atoms with Crippen LogP contribution in [-0.4, -0.2) is 25.9 Å². The number of aromatic nitrogens is 4. The Morgan fingerprint density at radius 2 is 2.12 bits per heavy atom. The molecule has 0 saturated carbocycles. The molecule has 0 unspecified atom stereocenters. The summed E-state index contributed by atoms with van der Waals surface area (Å²) in [6.45, 7) is 5.54. The third kappa shape index (κ3) is 2.41. The molecule has 0 radical (unpaired) electrons. The average molecular weight is 234 g/mol. The van der Waals surface area contributed by atoms with Crippen LogP contribution in [0.2, 0.25) is 0 Å². The van der Waals surface area contributed by atoms with Crippen LogP contribution in [-0.2, 0) is 16.1 Å². The Morgan fingerprint density at radius 1 is 1.35 bits per heavy atom. The molecular weight excluding hydrogens is 220 g/mol. The van der Waals surface area contributed by atoms with Crippen molar-refractivity contribution in [2.45, 2.75) is 27.4 Å². The van der Waals surface area contributed by atoms with Crippen LogP contribution in [0, 0.1) is 5.41 Å². The standard InChI is InChI=1S/C11H14N4O2/c1-11(2,3)10(16)17-4-7-8-9(14-5-12-7)15-6-13-8/h5-6H,4H2,1-3H3,(H,12,13,14,15). The van der Waals surface area contributed by atoms with Crippen LogP contribution >= 0.6 is 0 Å². The van der Waals surface area contributed by atoms with Gasteiger partial charge in [0.25, 0.3) is 0 Å². The number of H-pyrrole nitrogens is 1. The Morgan fingerprint density at radius 3 is 2.82 bits per heavy atom. The van der Waals surface area contributed by atoms with Crippen molar-refractivity contribution < 1.29 is 9.53 Å². The lowest BCUT2D eigenvalue weighted by Gasteiger charge is -2.16. The highest BCUT2D eigenvalue weighted by atomic mass is 16.5. The maximum Gasteiger partial charge on any atom is 0.311 e. The number of esters is 1. The van der Waals surface area contributed by atoms with Gasteiger partial charge in [0.1, 0.15) is 24.1 Å². The van der Waals surface area contributed by atoms with Crippen molar-refractivity contribution in [3.8, 4) is 0 Å². The van der Waals surface area contributed by atoms with Gasteiger partial charge in [0, 0.05) is 0 Å². The fraction of sp³-hybridized carbons (Fsp3) is 0.455. The highest BCUT2D eigenvalue weighted by Crippen LogP contribution is 2.17. The van der Waals surface area contributed by atoms with Gasteiger partial charge in [0.15, 0.2) is 5.65 Å². The van der Waals surface area contributed by atoms with Crippen LogP contribution in [0.3, 0.4) is 0 Å². The number of imidazole rings is 1. The van der Waals surface area contributed by atoms with Crippen LogP contribution in [0.25, 0.3) is 11.2 Å². The molecule has 0 saturated heterocycles. The van der Waals surface area contributed by atoms with Crippen molar-refractivity contribution in [1.29, 1.82) is 0 Å². The number of fused-ring (bicyclic) bond motifs is 1. The number of nitrogens with zero attached hydrogens (tertiary/aromatic N) is 3. The zero-order valence-electron chi connectivity index (χ0n) is 10.0. The zero-order chi connectivity index (χ0) is 12.5. The largest absolute Gasteiger partial charge is 0.459 e. The van der Waals surface area contributed by atoms with Gasteiger partial charge in [-0.25, -0.2) is 15.0 Å². The van der Waals surface area contributed by atoms with E-state index in [0.29, 0.717) is 16.9 Å². The number of nitrogens with one attached hydrogen (secondary N) is 1. The quantitative estimate of drug-likeness (QED) is 0.795. The minimum Gasteiger partial charge on any atom is -0.459 e. The molecule has 0 amide bonds. The summed E-state index contributed by atoms with van der Waals surface area (Å²) < 4.78 is 5.19. The highest BCUT2D eigenvalue weighted by Gasteiger charge is 2.23. The van der Waals surface area contributed by atoms with E-state index in [9.17, 15) is 4.79 Å².